The molecule has 3 rings (SSSR count). The van der Waals surface area contributed by atoms with E-state index in [1.54, 1.807) is 31.4 Å². The summed E-state index contributed by atoms with van der Waals surface area (Å²) in [6.07, 6.45) is 2.01. The van der Waals surface area contributed by atoms with Crippen LogP contribution < -0.4 is 14.8 Å². The molecule has 31 heavy (non-hydrogen) atoms. The van der Waals surface area contributed by atoms with Gasteiger partial charge in [-0.2, -0.15) is 0 Å². The fraction of sp³-hybridized carbons (Fsp3) is 0.435. The van der Waals surface area contributed by atoms with Crippen LogP contribution in [0.15, 0.2) is 42.5 Å². The molecule has 2 aromatic rings. The summed E-state index contributed by atoms with van der Waals surface area (Å²) >= 11 is 12.0. The second-order valence-corrected chi connectivity index (χ2v) is 8.17. The summed E-state index contributed by atoms with van der Waals surface area (Å²) in [5, 5.41) is 4.01. The SMILES string of the molecule is COCCOc1cccc(C(=O)NCCN2CCC(Oc3ccc(Cl)c(Cl)c3)CC2)c1. The Morgan fingerprint density at radius 2 is 1.87 bits per heavy atom. The molecule has 0 radical (unpaired) electrons. The van der Waals surface area contributed by atoms with Crippen molar-refractivity contribution in [3.63, 3.8) is 0 Å². The minimum Gasteiger partial charge on any atom is -0.491 e. The highest BCUT2D eigenvalue weighted by atomic mass is 35.5. The van der Waals surface area contributed by atoms with E-state index in [1.165, 1.54) is 0 Å². The number of halogens is 2. The average molecular weight is 467 g/mol. The highest BCUT2D eigenvalue weighted by Crippen LogP contribution is 2.28. The summed E-state index contributed by atoms with van der Waals surface area (Å²) in [5.41, 5.74) is 0.587. The fourth-order valence-corrected chi connectivity index (χ4v) is 3.68. The normalized spacial score (nSPS) is 14.9. The van der Waals surface area contributed by atoms with Gasteiger partial charge < -0.3 is 24.4 Å². The smallest absolute Gasteiger partial charge is 0.251 e. The third-order valence-electron chi connectivity index (χ3n) is 5.09. The van der Waals surface area contributed by atoms with Gasteiger partial charge in [0.05, 0.1) is 16.7 Å². The third-order valence-corrected chi connectivity index (χ3v) is 5.83. The molecule has 1 amide bonds. The van der Waals surface area contributed by atoms with Gasteiger partial charge in [0.1, 0.15) is 24.2 Å². The first kappa shape index (κ1) is 23.7. The monoisotopic (exact) mass is 466 g/mol. The maximum atomic E-state index is 12.4. The Morgan fingerprint density at radius 3 is 2.61 bits per heavy atom. The average Bonchev–Trinajstić information content (AvgIpc) is 2.78. The van der Waals surface area contributed by atoms with Crippen LogP contribution in [0.4, 0.5) is 0 Å². The van der Waals surface area contributed by atoms with Crippen LogP contribution in [0.3, 0.4) is 0 Å². The Bertz CT molecular complexity index is 857. The molecular weight excluding hydrogens is 439 g/mol. The van der Waals surface area contributed by atoms with Crippen molar-refractivity contribution in [1.82, 2.24) is 10.2 Å². The number of nitrogens with one attached hydrogen (secondary N) is 1. The number of nitrogens with zero attached hydrogens (tertiary/aromatic N) is 1. The first-order valence-electron chi connectivity index (χ1n) is 10.4. The van der Waals surface area contributed by atoms with Crippen LogP contribution in [0.1, 0.15) is 23.2 Å². The lowest BCUT2D eigenvalue weighted by Crippen LogP contribution is -2.42. The van der Waals surface area contributed by atoms with Gasteiger partial charge in [-0.15, -0.1) is 0 Å². The highest BCUT2D eigenvalue weighted by molar-refractivity contribution is 6.42. The number of hydrogen-bond donors (Lipinski definition) is 1. The molecule has 1 N–H and O–H groups in total. The zero-order valence-electron chi connectivity index (χ0n) is 17.6. The molecule has 8 heteroatoms. The number of carbonyl (C=O) groups is 1. The summed E-state index contributed by atoms with van der Waals surface area (Å²) < 4.78 is 16.6. The van der Waals surface area contributed by atoms with Gasteiger partial charge in [-0.05, 0) is 43.2 Å². The molecule has 6 nitrogen and oxygen atoms in total. The van der Waals surface area contributed by atoms with Crippen LogP contribution in [0.5, 0.6) is 11.5 Å². The van der Waals surface area contributed by atoms with Crippen LogP contribution in [0.2, 0.25) is 10.0 Å². The van der Waals surface area contributed by atoms with Gasteiger partial charge in [0.15, 0.2) is 0 Å². The second kappa shape index (κ2) is 12.2. The standard InChI is InChI=1S/C23H28Cl2N2O4/c1-29-13-14-30-19-4-2-3-17(15-19)23(28)26-9-12-27-10-7-18(8-11-27)31-20-5-6-21(24)22(25)16-20/h2-6,15-16,18H,7-14H2,1H3,(H,26,28). The van der Waals surface area contributed by atoms with E-state index >= 15 is 0 Å². The zero-order chi connectivity index (χ0) is 22.1. The van der Waals surface area contributed by atoms with E-state index in [0.29, 0.717) is 41.1 Å². The Kier molecular flexibility index (Phi) is 9.28. The predicted octanol–water partition coefficient (Wildman–Crippen LogP) is 4.29. The summed E-state index contributed by atoms with van der Waals surface area (Å²) in [4.78, 5) is 14.8. The molecule has 0 atom stereocenters. The summed E-state index contributed by atoms with van der Waals surface area (Å²) in [5.74, 6) is 1.30. The van der Waals surface area contributed by atoms with Crippen molar-refractivity contribution in [3.8, 4) is 11.5 Å². The molecule has 1 saturated heterocycles. The lowest BCUT2D eigenvalue weighted by Gasteiger charge is -2.32. The van der Waals surface area contributed by atoms with Crippen LogP contribution in [0.25, 0.3) is 0 Å². The van der Waals surface area contributed by atoms with Gasteiger partial charge in [0.25, 0.3) is 5.91 Å². The van der Waals surface area contributed by atoms with Crippen LogP contribution in [-0.2, 0) is 4.74 Å². The van der Waals surface area contributed by atoms with Crippen molar-refractivity contribution in [1.29, 1.82) is 0 Å². The van der Waals surface area contributed by atoms with E-state index in [1.807, 2.05) is 18.2 Å². The predicted molar refractivity (Wildman–Crippen MR) is 123 cm³/mol. The molecule has 0 spiro atoms. The Hall–Kier alpha value is -1.99. The first-order chi connectivity index (χ1) is 15.0. The van der Waals surface area contributed by atoms with Crippen molar-refractivity contribution < 1.29 is 19.0 Å². The topological polar surface area (TPSA) is 60.0 Å². The number of ether oxygens (including phenoxy) is 3. The quantitative estimate of drug-likeness (QED) is 0.529. The summed E-state index contributed by atoms with van der Waals surface area (Å²) in [6.45, 7) is 4.19. The fourth-order valence-electron chi connectivity index (χ4n) is 3.39. The van der Waals surface area contributed by atoms with E-state index in [2.05, 4.69) is 10.2 Å². The van der Waals surface area contributed by atoms with E-state index in [0.717, 1.165) is 38.2 Å². The van der Waals surface area contributed by atoms with Crippen LogP contribution >= 0.6 is 23.2 Å². The molecule has 0 unspecified atom stereocenters. The number of piperidine rings is 1. The van der Waals surface area contributed by atoms with Crippen molar-refractivity contribution in [3.05, 3.63) is 58.1 Å². The number of rotatable bonds is 10. The largest absolute Gasteiger partial charge is 0.491 e. The molecule has 1 aliphatic heterocycles. The minimum absolute atomic E-state index is 0.102. The van der Waals surface area contributed by atoms with Gasteiger partial charge in [0.2, 0.25) is 0 Å². The summed E-state index contributed by atoms with van der Waals surface area (Å²) in [7, 11) is 1.62. The molecule has 1 aliphatic rings. The van der Waals surface area contributed by atoms with Gasteiger partial charge in [-0.25, -0.2) is 0 Å². The van der Waals surface area contributed by atoms with Crippen LogP contribution in [-0.4, -0.2) is 63.4 Å². The lowest BCUT2D eigenvalue weighted by molar-refractivity contribution is 0.0905. The maximum Gasteiger partial charge on any atom is 0.251 e. The van der Waals surface area contributed by atoms with E-state index < -0.39 is 0 Å². The minimum atomic E-state index is -0.102. The molecule has 168 valence electrons. The number of likely N-dealkylation sites (tertiary alicyclic amines) is 1. The van der Waals surface area contributed by atoms with Gasteiger partial charge in [0, 0.05) is 44.9 Å². The Morgan fingerprint density at radius 1 is 1.06 bits per heavy atom. The number of amides is 1. The molecule has 1 fully saturated rings. The van der Waals surface area contributed by atoms with Crippen LogP contribution in [0, 0.1) is 0 Å². The molecule has 0 aliphatic carbocycles. The zero-order valence-corrected chi connectivity index (χ0v) is 19.1. The van der Waals surface area contributed by atoms with Crippen molar-refractivity contribution in [2.45, 2.75) is 18.9 Å². The van der Waals surface area contributed by atoms with E-state index in [-0.39, 0.29) is 12.0 Å². The molecule has 0 bridgehead atoms. The van der Waals surface area contributed by atoms with E-state index in [9.17, 15) is 4.79 Å². The number of hydrogen-bond acceptors (Lipinski definition) is 5. The molecule has 0 aromatic heterocycles. The Balaban J connectivity index is 1.36. The molecule has 0 saturated carbocycles. The molecule has 1 heterocycles. The van der Waals surface area contributed by atoms with Gasteiger partial charge in [-0.1, -0.05) is 29.3 Å². The third kappa shape index (κ3) is 7.58. The number of benzene rings is 2. The molecule has 2 aromatic carbocycles. The highest BCUT2D eigenvalue weighted by Gasteiger charge is 2.20. The van der Waals surface area contributed by atoms with Crippen molar-refractivity contribution >= 4 is 29.1 Å². The summed E-state index contributed by atoms with van der Waals surface area (Å²) in [6, 6.07) is 12.5. The Labute approximate surface area is 193 Å². The number of methoxy groups -OCH3 is 1. The van der Waals surface area contributed by atoms with Gasteiger partial charge in [-0.3, -0.25) is 4.79 Å². The van der Waals surface area contributed by atoms with Crippen molar-refractivity contribution in [2.75, 3.05) is 46.5 Å². The van der Waals surface area contributed by atoms with E-state index in [4.69, 9.17) is 37.4 Å². The lowest BCUT2D eigenvalue weighted by atomic mass is 10.1. The maximum absolute atomic E-state index is 12.4. The number of carbonyl (C=O) groups excluding carboxylic acids is 1. The van der Waals surface area contributed by atoms with Gasteiger partial charge >= 0.3 is 0 Å². The van der Waals surface area contributed by atoms with Crippen molar-refractivity contribution in [2.24, 2.45) is 0 Å². The second-order valence-electron chi connectivity index (χ2n) is 7.36. The first-order valence-corrected chi connectivity index (χ1v) is 11.1. The molecular formula is C23H28Cl2N2O4.